The first-order valence-corrected chi connectivity index (χ1v) is 9.48. The van der Waals surface area contributed by atoms with E-state index in [1.807, 2.05) is 61.5 Å². The summed E-state index contributed by atoms with van der Waals surface area (Å²) in [5.74, 6) is 0.0102. The summed E-state index contributed by atoms with van der Waals surface area (Å²) in [6.45, 7) is 1.95. The van der Waals surface area contributed by atoms with Crippen LogP contribution in [0.4, 0.5) is 5.69 Å². The van der Waals surface area contributed by atoms with Gasteiger partial charge in [0.2, 0.25) is 5.91 Å². The van der Waals surface area contributed by atoms with Gasteiger partial charge in [-0.2, -0.15) is 0 Å². The van der Waals surface area contributed by atoms with Gasteiger partial charge in [0.15, 0.2) is 0 Å². The van der Waals surface area contributed by atoms with Crippen LogP contribution in [0.3, 0.4) is 0 Å². The lowest BCUT2D eigenvalue weighted by atomic mass is 9.94. The SMILES string of the molecule is COc1ccccc1C(=O)N1CC(=O)Nc2ccc(C)cc2[C@H]1c1ccccc1. The van der Waals surface area contributed by atoms with Crippen molar-refractivity contribution in [2.24, 2.45) is 0 Å². The lowest BCUT2D eigenvalue weighted by molar-refractivity contribution is -0.117. The van der Waals surface area contributed by atoms with Crippen LogP contribution in [0.2, 0.25) is 0 Å². The normalized spacial score (nSPS) is 15.9. The minimum atomic E-state index is -0.400. The molecular formula is C24H22N2O3. The number of nitrogens with one attached hydrogen (secondary N) is 1. The Bertz CT molecular complexity index is 1060. The number of nitrogens with zero attached hydrogens (tertiary/aromatic N) is 1. The Morgan fingerprint density at radius 3 is 2.52 bits per heavy atom. The van der Waals surface area contributed by atoms with Crippen molar-refractivity contribution >= 4 is 17.5 Å². The van der Waals surface area contributed by atoms with Gasteiger partial charge in [-0.3, -0.25) is 9.59 Å². The average molecular weight is 386 g/mol. The van der Waals surface area contributed by atoms with E-state index in [0.717, 1.165) is 22.4 Å². The first kappa shape index (κ1) is 18.7. The standard InChI is InChI=1S/C24H22N2O3/c1-16-12-13-20-19(14-16)23(17-8-4-3-5-9-17)26(15-22(27)25-20)24(28)18-10-6-7-11-21(18)29-2/h3-14,23H,15H2,1-2H3,(H,25,27)/t23-/m1/s1. The predicted molar refractivity (Wildman–Crippen MR) is 112 cm³/mol. The number of carbonyl (C=O) groups is 2. The Hall–Kier alpha value is -3.60. The van der Waals surface area contributed by atoms with Crippen molar-refractivity contribution in [3.8, 4) is 5.75 Å². The third-order valence-electron chi connectivity index (χ3n) is 5.11. The first-order valence-electron chi connectivity index (χ1n) is 9.48. The topological polar surface area (TPSA) is 58.6 Å². The van der Waals surface area contributed by atoms with Gasteiger partial charge in [0.25, 0.3) is 5.91 Å². The Balaban J connectivity index is 1.90. The summed E-state index contributed by atoms with van der Waals surface area (Å²) in [5, 5.41) is 2.95. The van der Waals surface area contributed by atoms with Crippen LogP contribution >= 0.6 is 0 Å². The number of anilines is 1. The molecule has 0 radical (unpaired) electrons. The molecule has 0 aliphatic carbocycles. The second kappa shape index (κ2) is 7.80. The number of hydrogen-bond acceptors (Lipinski definition) is 3. The van der Waals surface area contributed by atoms with Crippen molar-refractivity contribution in [3.63, 3.8) is 0 Å². The number of carbonyl (C=O) groups excluding carboxylic acids is 2. The molecule has 146 valence electrons. The maximum atomic E-state index is 13.6. The van der Waals surface area contributed by atoms with E-state index < -0.39 is 6.04 Å². The molecule has 5 heteroatoms. The third-order valence-corrected chi connectivity index (χ3v) is 5.11. The van der Waals surface area contributed by atoms with Gasteiger partial charge in [-0.05, 0) is 30.7 Å². The van der Waals surface area contributed by atoms with Gasteiger partial charge in [-0.1, -0.05) is 60.2 Å². The summed E-state index contributed by atoms with van der Waals surface area (Å²) in [5.41, 5.74) is 4.06. The van der Waals surface area contributed by atoms with Crippen molar-refractivity contribution < 1.29 is 14.3 Å². The Morgan fingerprint density at radius 1 is 1.03 bits per heavy atom. The lowest BCUT2D eigenvalue weighted by Gasteiger charge is -2.31. The highest BCUT2D eigenvalue weighted by atomic mass is 16.5. The van der Waals surface area contributed by atoms with Gasteiger partial charge >= 0.3 is 0 Å². The van der Waals surface area contributed by atoms with E-state index >= 15 is 0 Å². The molecule has 5 nitrogen and oxygen atoms in total. The molecule has 0 saturated heterocycles. The number of hydrogen-bond donors (Lipinski definition) is 1. The summed E-state index contributed by atoms with van der Waals surface area (Å²) < 4.78 is 5.40. The Kier molecular flexibility index (Phi) is 5.04. The maximum Gasteiger partial charge on any atom is 0.258 e. The Labute approximate surface area is 169 Å². The molecule has 0 unspecified atom stereocenters. The van der Waals surface area contributed by atoms with Crippen LogP contribution < -0.4 is 10.1 Å². The van der Waals surface area contributed by atoms with Gasteiger partial charge < -0.3 is 15.0 Å². The van der Waals surface area contributed by atoms with E-state index in [-0.39, 0.29) is 18.4 Å². The summed E-state index contributed by atoms with van der Waals surface area (Å²) in [6, 6.07) is 22.4. The van der Waals surface area contributed by atoms with Crippen LogP contribution in [0.1, 0.15) is 33.1 Å². The van der Waals surface area contributed by atoms with E-state index in [9.17, 15) is 9.59 Å². The first-order chi connectivity index (χ1) is 14.1. The molecule has 4 rings (SSSR count). The number of para-hydroxylation sites is 1. The molecule has 1 atom stereocenters. The lowest BCUT2D eigenvalue weighted by Crippen LogP contribution is -2.39. The highest BCUT2D eigenvalue weighted by Crippen LogP contribution is 2.37. The number of ether oxygens (including phenoxy) is 1. The number of amides is 2. The van der Waals surface area contributed by atoms with Gasteiger partial charge in [0.05, 0.1) is 18.7 Å². The zero-order chi connectivity index (χ0) is 20.4. The second-order valence-corrected chi connectivity index (χ2v) is 7.09. The number of methoxy groups -OCH3 is 1. The summed E-state index contributed by atoms with van der Waals surface area (Å²) in [6.07, 6.45) is 0. The molecule has 1 aliphatic heterocycles. The van der Waals surface area contributed by atoms with Crippen molar-refractivity contribution in [1.82, 2.24) is 4.90 Å². The van der Waals surface area contributed by atoms with Crippen molar-refractivity contribution in [3.05, 3.63) is 95.1 Å². The molecule has 0 spiro atoms. The van der Waals surface area contributed by atoms with Gasteiger partial charge in [0, 0.05) is 11.3 Å². The van der Waals surface area contributed by atoms with E-state index in [0.29, 0.717) is 11.3 Å². The number of fused-ring (bicyclic) bond motifs is 1. The van der Waals surface area contributed by atoms with E-state index in [1.165, 1.54) is 7.11 Å². The molecule has 3 aromatic rings. The predicted octanol–water partition coefficient (Wildman–Crippen LogP) is 4.19. The van der Waals surface area contributed by atoms with Crippen molar-refractivity contribution in [2.75, 3.05) is 19.0 Å². The number of rotatable bonds is 3. The third kappa shape index (κ3) is 3.59. The number of benzene rings is 3. The van der Waals surface area contributed by atoms with Crippen LogP contribution in [-0.4, -0.2) is 30.4 Å². The molecule has 1 heterocycles. The highest BCUT2D eigenvalue weighted by Gasteiger charge is 2.34. The van der Waals surface area contributed by atoms with E-state index in [2.05, 4.69) is 5.32 Å². The average Bonchev–Trinajstić information content (AvgIpc) is 2.89. The molecule has 0 bridgehead atoms. The summed E-state index contributed by atoms with van der Waals surface area (Å²) in [4.78, 5) is 27.9. The monoisotopic (exact) mass is 386 g/mol. The summed E-state index contributed by atoms with van der Waals surface area (Å²) in [7, 11) is 1.54. The maximum absolute atomic E-state index is 13.6. The molecule has 29 heavy (non-hydrogen) atoms. The van der Waals surface area contributed by atoms with Crippen molar-refractivity contribution in [2.45, 2.75) is 13.0 Å². The molecule has 2 amide bonds. The summed E-state index contributed by atoms with van der Waals surface area (Å²) >= 11 is 0. The molecule has 0 fully saturated rings. The molecule has 1 aliphatic rings. The van der Waals surface area contributed by atoms with Gasteiger partial charge in [-0.15, -0.1) is 0 Å². The fourth-order valence-electron chi connectivity index (χ4n) is 3.79. The van der Waals surface area contributed by atoms with Crippen LogP contribution in [0.15, 0.2) is 72.8 Å². The smallest absolute Gasteiger partial charge is 0.258 e. The zero-order valence-electron chi connectivity index (χ0n) is 16.4. The molecular weight excluding hydrogens is 364 g/mol. The van der Waals surface area contributed by atoms with Gasteiger partial charge in [-0.25, -0.2) is 0 Å². The second-order valence-electron chi connectivity index (χ2n) is 7.09. The Morgan fingerprint density at radius 2 is 1.76 bits per heavy atom. The van der Waals surface area contributed by atoms with Crippen LogP contribution in [0, 0.1) is 6.92 Å². The fraction of sp³-hybridized carbons (Fsp3) is 0.167. The molecule has 0 aromatic heterocycles. The quantitative estimate of drug-likeness (QED) is 0.734. The molecule has 0 saturated carbocycles. The fourth-order valence-corrected chi connectivity index (χ4v) is 3.79. The number of aryl methyl sites for hydroxylation is 1. The van der Waals surface area contributed by atoms with E-state index in [4.69, 9.17) is 4.74 Å². The minimum Gasteiger partial charge on any atom is -0.496 e. The minimum absolute atomic E-state index is 0.0514. The molecule has 3 aromatic carbocycles. The highest BCUT2D eigenvalue weighted by molar-refractivity contribution is 6.02. The van der Waals surface area contributed by atoms with Crippen LogP contribution in [0.25, 0.3) is 0 Å². The van der Waals surface area contributed by atoms with E-state index in [1.54, 1.807) is 23.1 Å². The van der Waals surface area contributed by atoms with Crippen LogP contribution in [-0.2, 0) is 4.79 Å². The van der Waals surface area contributed by atoms with Crippen molar-refractivity contribution in [1.29, 1.82) is 0 Å². The van der Waals surface area contributed by atoms with Gasteiger partial charge in [0.1, 0.15) is 12.3 Å². The van der Waals surface area contributed by atoms with Crippen LogP contribution in [0.5, 0.6) is 5.75 Å². The molecule has 1 N–H and O–H groups in total. The zero-order valence-corrected chi connectivity index (χ0v) is 16.4. The largest absolute Gasteiger partial charge is 0.496 e.